The highest BCUT2D eigenvalue weighted by atomic mass is 79.9. The van der Waals surface area contributed by atoms with Crippen molar-refractivity contribution >= 4 is 27.7 Å². The number of halogens is 1. The number of hydrogen-bond acceptors (Lipinski definition) is 4. The van der Waals surface area contributed by atoms with Gasteiger partial charge in [-0.05, 0) is 34.8 Å². The number of nitrogens with zero attached hydrogens (tertiary/aromatic N) is 3. The van der Waals surface area contributed by atoms with Crippen LogP contribution in [-0.2, 0) is 4.79 Å². The number of hydrogen-bond donors (Lipinski definition) is 1. The molecule has 2 rings (SSSR count). The summed E-state index contributed by atoms with van der Waals surface area (Å²) in [4.78, 5) is 16.9. The minimum absolute atomic E-state index is 0.396. The second-order valence-electron chi connectivity index (χ2n) is 3.83. The van der Waals surface area contributed by atoms with Crippen LogP contribution in [0.4, 0.5) is 5.82 Å². The summed E-state index contributed by atoms with van der Waals surface area (Å²) in [6.07, 6.45) is 2.98. The first-order valence-electron chi connectivity index (χ1n) is 5.18. The molecule has 0 bridgehead atoms. The second kappa shape index (κ2) is 4.72. The van der Waals surface area contributed by atoms with E-state index in [0.29, 0.717) is 28.8 Å². The average molecular weight is 296 g/mol. The maximum Gasteiger partial charge on any atom is 0.326 e. The van der Waals surface area contributed by atoms with Crippen LogP contribution < -0.4 is 4.90 Å². The molecule has 0 aromatic carbocycles. The zero-order valence-electron chi connectivity index (χ0n) is 8.93. The van der Waals surface area contributed by atoms with E-state index in [1.165, 1.54) is 0 Å². The molecule has 0 spiro atoms. The molecule has 17 heavy (non-hydrogen) atoms. The van der Waals surface area contributed by atoms with Crippen LogP contribution in [-0.4, -0.2) is 28.6 Å². The summed E-state index contributed by atoms with van der Waals surface area (Å²) in [6.45, 7) is 0.625. The largest absolute Gasteiger partial charge is 0.480 e. The lowest BCUT2D eigenvalue weighted by Crippen LogP contribution is -2.36. The fourth-order valence-corrected chi connectivity index (χ4v) is 2.35. The second-order valence-corrected chi connectivity index (χ2v) is 4.74. The molecule has 1 fully saturated rings. The standard InChI is InChI=1S/C11H10BrN3O2/c12-8-4-7(5-13)10(14-6-8)15-3-1-2-9(15)11(16)17/h4,6,9H,1-3H2,(H,16,17). The Morgan fingerprint density at radius 2 is 2.47 bits per heavy atom. The molecule has 1 unspecified atom stereocenters. The molecule has 0 aliphatic carbocycles. The van der Waals surface area contributed by atoms with Crippen LogP contribution in [0.1, 0.15) is 18.4 Å². The highest BCUT2D eigenvalue weighted by molar-refractivity contribution is 9.10. The van der Waals surface area contributed by atoms with Gasteiger partial charge >= 0.3 is 5.97 Å². The SMILES string of the molecule is N#Cc1cc(Br)cnc1N1CCCC1C(=O)O. The van der Waals surface area contributed by atoms with Crippen LogP contribution in [0.5, 0.6) is 0 Å². The van der Waals surface area contributed by atoms with Crippen LogP contribution in [0.15, 0.2) is 16.7 Å². The molecular weight excluding hydrogens is 286 g/mol. The summed E-state index contributed by atoms with van der Waals surface area (Å²) in [6, 6.07) is 3.12. The maximum atomic E-state index is 11.1. The predicted octanol–water partition coefficient (Wildman–Crippen LogP) is 1.77. The van der Waals surface area contributed by atoms with Crippen molar-refractivity contribution in [2.45, 2.75) is 18.9 Å². The predicted molar refractivity (Wildman–Crippen MR) is 64.7 cm³/mol. The average Bonchev–Trinajstić information content (AvgIpc) is 2.77. The van der Waals surface area contributed by atoms with Gasteiger partial charge in [-0.1, -0.05) is 0 Å². The molecule has 6 heteroatoms. The summed E-state index contributed by atoms with van der Waals surface area (Å²) in [5.41, 5.74) is 0.396. The van der Waals surface area contributed by atoms with Crippen LogP contribution in [0.25, 0.3) is 0 Å². The highest BCUT2D eigenvalue weighted by Gasteiger charge is 2.32. The number of anilines is 1. The molecule has 1 atom stereocenters. The van der Waals surface area contributed by atoms with Crippen molar-refractivity contribution in [3.8, 4) is 6.07 Å². The number of carboxylic acid groups (broad SMARTS) is 1. The molecule has 0 saturated carbocycles. The Balaban J connectivity index is 2.40. The van der Waals surface area contributed by atoms with E-state index in [1.807, 2.05) is 6.07 Å². The summed E-state index contributed by atoms with van der Waals surface area (Å²) < 4.78 is 0.712. The first kappa shape index (κ1) is 11.9. The lowest BCUT2D eigenvalue weighted by molar-refractivity contribution is -0.138. The van der Waals surface area contributed by atoms with E-state index in [4.69, 9.17) is 10.4 Å². The normalized spacial score (nSPS) is 19.1. The molecule has 1 aromatic rings. The van der Waals surface area contributed by atoms with Crippen molar-refractivity contribution < 1.29 is 9.90 Å². The van der Waals surface area contributed by atoms with Gasteiger partial charge in [-0.3, -0.25) is 0 Å². The van der Waals surface area contributed by atoms with Gasteiger partial charge in [0.1, 0.15) is 17.9 Å². The van der Waals surface area contributed by atoms with Crippen molar-refractivity contribution in [1.29, 1.82) is 5.26 Å². The summed E-state index contributed by atoms with van der Waals surface area (Å²) >= 11 is 3.24. The fourth-order valence-electron chi connectivity index (χ4n) is 2.02. The third-order valence-electron chi connectivity index (χ3n) is 2.76. The van der Waals surface area contributed by atoms with Crippen LogP contribution in [0.2, 0.25) is 0 Å². The van der Waals surface area contributed by atoms with Gasteiger partial charge in [-0.15, -0.1) is 0 Å². The van der Waals surface area contributed by atoms with Gasteiger partial charge in [0.25, 0.3) is 0 Å². The Bertz CT molecular complexity index is 498. The third kappa shape index (κ3) is 2.24. The van der Waals surface area contributed by atoms with Crippen molar-refractivity contribution in [2.75, 3.05) is 11.4 Å². The minimum atomic E-state index is -0.865. The van der Waals surface area contributed by atoms with E-state index in [2.05, 4.69) is 20.9 Å². The third-order valence-corrected chi connectivity index (χ3v) is 3.20. The minimum Gasteiger partial charge on any atom is -0.480 e. The fraction of sp³-hybridized carbons (Fsp3) is 0.364. The quantitative estimate of drug-likeness (QED) is 0.900. The van der Waals surface area contributed by atoms with Gasteiger partial charge < -0.3 is 10.0 Å². The van der Waals surface area contributed by atoms with Crippen LogP contribution >= 0.6 is 15.9 Å². The Morgan fingerprint density at radius 3 is 3.12 bits per heavy atom. The topological polar surface area (TPSA) is 77.2 Å². The van der Waals surface area contributed by atoms with E-state index in [0.717, 1.165) is 6.42 Å². The molecule has 1 aliphatic rings. The zero-order valence-corrected chi connectivity index (χ0v) is 10.5. The number of carboxylic acids is 1. The highest BCUT2D eigenvalue weighted by Crippen LogP contribution is 2.28. The Hall–Kier alpha value is -1.61. The number of aliphatic carboxylic acids is 1. The molecule has 5 nitrogen and oxygen atoms in total. The van der Waals surface area contributed by atoms with E-state index < -0.39 is 12.0 Å². The number of nitriles is 1. The van der Waals surface area contributed by atoms with E-state index >= 15 is 0 Å². The molecule has 2 heterocycles. The number of pyridine rings is 1. The molecular formula is C11H10BrN3O2. The zero-order chi connectivity index (χ0) is 12.4. The Morgan fingerprint density at radius 1 is 1.71 bits per heavy atom. The van der Waals surface area contributed by atoms with Crippen molar-refractivity contribution in [2.24, 2.45) is 0 Å². The van der Waals surface area contributed by atoms with Crippen molar-refractivity contribution in [3.05, 3.63) is 22.3 Å². The van der Waals surface area contributed by atoms with Gasteiger partial charge in [0, 0.05) is 17.2 Å². The van der Waals surface area contributed by atoms with E-state index in [1.54, 1.807) is 17.2 Å². The Kier molecular flexibility index (Phi) is 3.29. The van der Waals surface area contributed by atoms with E-state index in [-0.39, 0.29) is 0 Å². The smallest absolute Gasteiger partial charge is 0.326 e. The molecule has 1 saturated heterocycles. The first-order valence-corrected chi connectivity index (χ1v) is 5.98. The Labute approximate surface area is 107 Å². The van der Waals surface area contributed by atoms with Gasteiger partial charge in [0.15, 0.2) is 0 Å². The lowest BCUT2D eigenvalue weighted by Gasteiger charge is -2.23. The molecule has 0 radical (unpaired) electrons. The molecule has 1 aromatic heterocycles. The summed E-state index contributed by atoms with van der Waals surface area (Å²) in [7, 11) is 0. The van der Waals surface area contributed by atoms with Gasteiger partial charge in [0.05, 0.1) is 5.56 Å². The van der Waals surface area contributed by atoms with Crippen molar-refractivity contribution in [1.82, 2.24) is 4.98 Å². The summed E-state index contributed by atoms with van der Waals surface area (Å²) in [5, 5.41) is 18.1. The lowest BCUT2D eigenvalue weighted by atomic mass is 10.2. The van der Waals surface area contributed by atoms with Crippen LogP contribution in [0, 0.1) is 11.3 Å². The molecule has 1 N–H and O–H groups in total. The monoisotopic (exact) mass is 295 g/mol. The first-order chi connectivity index (χ1) is 8.13. The molecule has 88 valence electrons. The molecule has 0 amide bonds. The summed E-state index contributed by atoms with van der Waals surface area (Å²) in [5.74, 6) is -0.406. The van der Waals surface area contributed by atoms with Gasteiger partial charge in [-0.2, -0.15) is 5.26 Å². The van der Waals surface area contributed by atoms with E-state index in [9.17, 15) is 4.79 Å². The number of aromatic nitrogens is 1. The van der Waals surface area contributed by atoms with Gasteiger partial charge in [0.2, 0.25) is 0 Å². The van der Waals surface area contributed by atoms with Crippen LogP contribution in [0.3, 0.4) is 0 Å². The number of rotatable bonds is 2. The molecule has 1 aliphatic heterocycles. The maximum absolute atomic E-state index is 11.1. The van der Waals surface area contributed by atoms with Gasteiger partial charge in [-0.25, -0.2) is 9.78 Å². The van der Waals surface area contributed by atoms with Crippen molar-refractivity contribution in [3.63, 3.8) is 0 Å². The number of carbonyl (C=O) groups is 1.